The van der Waals surface area contributed by atoms with Gasteiger partial charge >= 0.3 is 5.97 Å². The highest BCUT2D eigenvalue weighted by Gasteiger charge is 2.39. The van der Waals surface area contributed by atoms with Gasteiger partial charge in [0.25, 0.3) is 0 Å². The van der Waals surface area contributed by atoms with E-state index in [0.717, 1.165) is 10.4 Å². The third-order valence-electron chi connectivity index (χ3n) is 6.92. The Morgan fingerprint density at radius 3 is 2.48 bits per heavy atom. The number of hydrogen-bond donors (Lipinski definition) is 3. The highest BCUT2D eigenvalue weighted by molar-refractivity contribution is 7.93. The first-order valence-corrected chi connectivity index (χ1v) is 14.7. The van der Waals surface area contributed by atoms with E-state index in [-0.39, 0.29) is 61.2 Å². The van der Waals surface area contributed by atoms with Crippen LogP contribution in [0.5, 0.6) is 5.75 Å². The smallest absolute Gasteiger partial charge is 0.323 e. The molecule has 1 unspecified atom stereocenters. The molecule has 2 aromatic rings. The second-order valence-electron chi connectivity index (χ2n) is 9.83. The lowest BCUT2D eigenvalue weighted by atomic mass is 10.1. The monoisotopic (exact) mass is 643 g/mol. The van der Waals surface area contributed by atoms with Gasteiger partial charge in [0.15, 0.2) is 17.3 Å². The van der Waals surface area contributed by atoms with Gasteiger partial charge in [-0.3, -0.25) is 19.9 Å². The summed E-state index contributed by atoms with van der Waals surface area (Å²) in [5, 5.41) is 15.4. The SMILES string of the molecule is CCOC(=O)CS(=O)(=O)N1c2cc(F)c(OC3CCN(C(C)=N)CC3)cc2CC1/C=C/c1cccc(C(=N)N)c1.Cl.Cl. The molecule has 0 aromatic heterocycles. The van der Waals surface area contributed by atoms with Crippen LogP contribution in [0.2, 0.25) is 0 Å². The van der Waals surface area contributed by atoms with Gasteiger partial charge in [0.1, 0.15) is 11.9 Å². The van der Waals surface area contributed by atoms with E-state index in [4.69, 9.17) is 26.0 Å². The fourth-order valence-corrected chi connectivity index (χ4v) is 6.52. The van der Waals surface area contributed by atoms with E-state index in [9.17, 15) is 13.2 Å². The first kappa shape index (κ1) is 34.8. The van der Waals surface area contributed by atoms with E-state index in [1.165, 1.54) is 6.07 Å². The van der Waals surface area contributed by atoms with Crippen molar-refractivity contribution in [3.63, 3.8) is 0 Å². The molecule has 0 saturated carbocycles. The van der Waals surface area contributed by atoms with Crippen LogP contribution in [0.25, 0.3) is 6.08 Å². The number of rotatable bonds is 9. The Hall–Kier alpha value is -3.35. The zero-order valence-electron chi connectivity index (χ0n) is 23.3. The summed E-state index contributed by atoms with van der Waals surface area (Å²) in [4.78, 5) is 14.1. The largest absolute Gasteiger partial charge is 0.487 e. The van der Waals surface area contributed by atoms with Gasteiger partial charge in [0, 0.05) is 37.6 Å². The van der Waals surface area contributed by atoms with Gasteiger partial charge in [0.05, 0.1) is 24.2 Å². The molecule has 1 atom stereocenters. The van der Waals surface area contributed by atoms with Gasteiger partial charge in [-0.25, -0.2) is 12.8 Å². The normalized spacial score (nSPS) is 16.8. The van der Waals surface area contributed by atoms with Crippen LogP contribution in [0.1, 0.15) is 43.4 Å². The molecular weight excluding hydrogens is 608 g/mol. The fraction of sp³-hybridized carbons (Fsp3) is 0.393. The lowest BCUT2D eigenvalue weighted by Crippen LogP contribution is -2.40. The van der Waals surface area contributed by atoms with E-state index in [0.29, 0.717) is 48.5 Å². The summed E-state index contributed by atoms with van der Waals surface area (Å²) in [6.07, 6.45) is 4.67. The Kier molecular flexibility index (Phi) is 12.2. The third-order valence-corrected chi connectivity index (χ3v) is 8.59. The molecule has 0 radical (unpaired) electrons. The average molecular weight is 645 g/mol. The number of sulfonamides is 1. The molecule has 2 aliphatic rings. The summed E-state index contributed by atoms with van der Waals surface area (Å²) in [6, 6.07) is 8.88. The molecule has 2 aliphatic heterocycles. The Bertz CT molecular complexity index is 1450. The standard InChI is InChI=1S/C28H34FN5O5S.2ClH/c1-3-38-27(35)17-40(36,37)34-22(8-7-19-5-4-6-20(13-19)28(31)32)14-21-15-26(24(29)16-25(21)34)39-23-9-11-33(12-10-23)18(2)30;;/h4-8,13,15-16,22-23,30H,3,9-12,14,17H2,1-2H3,(H3,31,32);2*1H/b8-7+,30-18?;;. The molecule has 1 saturated heterocycles. The van der Waals surface area contributed by atoms with Gasteiger partial charge < -0.3 is 20.1 Å². The van der Waals surface area contributed by atoms with Crippen LogP contribution in [0.4, 0.5) is 10.1 Å². The van der Waals surface area contributed by atoms with E-state index in [2.05, 4.69) is 0 Å². The summed E-state index contributed by atoms with van der Waals surface area (Å²) in [7, 11) is -4.22. The maximum absolute atomic E-state index is 15.3. The molecule has 0 aliphatic carbocycles. The van der Waals surface area contributed by atoms with Crippen molar-refractivity contribution in [2.75, 3.05) is 29.8 Å². The number of ether oxygens (including phenoxy) is 2. The van der Waals surface area contributed by atoms with Crippen molar-refractivity contribution < 1.29 is 27.1 Å². The number of hydrogen-bond acceptors (Lipinski definition) is 7. The Labute approximate surface area is 257 Å². The average Bonchev–Trinajstić information content (AvgIpc) is 3.26. The minimum Gasteiger partial charge on any atom is -0.487 e. The number of likely N-dealkylation sites (tertiary alicyclic amines) is 1. The second kappa shape index (κ2) is 14.7. The molecule has 2 aromatic carbocycles. The summed E-state index contributed by atoms with van der Waals surface area (Å²) in [6.45, 7) is 4.64. The number of nitrogens with two attached hydrogens (primary N) is 1. The van der Waals surface area contributed by atoms with Crippen LogP contribution in [-0.2, 0) is 26.0 Å². The molecule has 0 amide bonds. The molecule has 0 spiro atoms. The third kappa shape index (κ3) is 8.14. The number of anilines is 1. The number of nitrogens with zero attached hydrogens (tertiary/aromatic N) is 2. The van der Waals surface area contributed by atoms with E-state index in [1.54, 1.807) is 50.3 Å². The number of piperidine rings is 1. The van der Waals surface area contributed by atoms with Gasteiger partial charge in [-0.15, -0.1) is 24.8 Å². The predicted molar refractivity (Wildman–Crippen MR) is 166 cm³/mol. The summed E-state index contributed by atoms with van der Waals surface area (Å²) < 4.78 is 54.1. The van der Waals surface area contributed by atoms with Crippen LogP contribution in [-0.4, -0.2) is 68.6 Å². The van der Waals surface area contributed by atoms with Crippen molar-refractivity contribution in [1.82, 2.24) is 4.90 Å². The molecule has 10 nitrogen and oxygen atoms in total. The molecule has 4 rings (SSSR count). The van der Waals surface area contributed by atoms with Crippen molar-refractivity contribution in [3.05, 3.63) is 65.0 Å². The number of nitrogen functional groups attached to an aromatic ring is 1. The first-order valence-electron chi connectivity index (χ1n) is 13.1. The summed E-state index contributed by atoms with van der Waals surface area (Å²) in [5.41, 5.74) is 7.54. The van der Waals surface area contributed by atoms with Crippen LogP contribution >= 0.6 is 24.8 Å². The van der Waals surface area contributed by atoms with Crippen LogP contribution in [0, 0.1) is 16.6 Å². The van der Waals surface area contributed by atoms with Crippen molar-refractivity contribution in [2.24, 2.45) is 5.73 Å². The number of benzene rings is 2. The van der Waals surface area contributed by atoms with Crippen LogP contribution < -0.4 is 14.8 Å². The maximum atomic E-state index is 15.3. The predicted octanol–water partition coefficient (Wildman–Crippen LogP) is 4.13. The van der Waals surface area contributed by atoms with Gasteiger partial charge in [-0.1, -0.05) is 30.4 Å². The van der Waals surface area contributed by atoms with Crippen molar-refractivity contribution in [3.8, 4) is 5.75 Å². The zero-order valence-corrected chi connectivity index (χ0v) is 25.8. The molecule has 1 fully saturated rings. The second-order valence-corrected chi connectivity index (χ2v) is 11.7. The molecular formula is C28H36Cl2FN5O5S. The molecule has 230 valence electrons. The Balaban J connectivity index is 0.00000308. The van der Waals surface area contributed by atoms with E-state index < -0.39 is 33.6 Å². The van der Waals surface area contributed by atoms with E-state index in [1.807, 2.05) is 4.90 Å². The lowest BCUT2D eigenvalue weighted by Gasteiger charge is -2.33. The lowest BCUT2D eigenvalue weighted by molar-refractivity contribution is -0.139. The number of carbonyl (C=O) groups is 1. The van der Waals surface area contributed by atoms with Crippen molar-refractivity contribution in [1.29, 1.82) is 10.8 Å². The van der Waals surface area contributed by atoms with Gasteiger partial charge in [-0.2, -0.15) is 0 Å². The number of halogens is 3. The Morgan fingerprint density at radius 2 is 1.86 bits per heavy atom. The highest BCUT2D eigenvalue weighted by Crippen LogP contribution is 2.40. The van der Waals surface area contributed by atoms with Gasteiger partial charge in [-0.05, 0) is 43.5 Å². The maximum Gasteiger partial charge on any atom is 0.323 e. The van der Waals surface area contributed by atoms with Crippen molar-refractivity contribution in [2.45, 2.75) is 45.3 Å². The number of carbonyl (C=O) groups excluding carboxylic acids is 1. The minimum atomic E-state index is -4.22. The molecule has 42 heavy (non-hydrogen) atoms. The van der Waals surface area contributed by atoms with Crippen LogP contribution in [0.3, 0.4) is 0 Å². The van der Waals surface area contributed by atoms with Gasteiger partial charge in [0.2, 0.25) is 10.0 Å². The number of amidine groups is 2. The number of nitrogens with one attached hydrogen (secondary N) is 2. The molecule has 14 heteroatoms. The quantitative estimate of drug-likeness (QED) is 0.211. The van der Waals surface area contributed by atoms with E-state index >= 15 is 4.39 Å². The first-order chi connectivity index (χ1) is 19.0. The summed E-state index contributed by atoms with van der Waals surface area (Å²) in [5.74, 6) is -2.03. The molecule has 4 N–H and O–H groups in total. The fourth-order valence-electron chi connectivity index (χ4n) is 4.97. The summed E-state index contributed by atoms with van der Waals surface area (Å²) >= 11 is 0. The molecule has 2 heterocycles. The minimum absolute atomic E-state index is 0. The molecule has 0 bridgehead atoms. The van der Waals surface area contributed by atoms with Crippen molar-refractivity contribution >= 4 is 64.2 Å². The zero-order chi connectivity index (χ0) is 29.0. The topological polar surface area (TPSA) is 150 Å². The Morgan fingerprint density at radius 1 is 1.17 bits per heavy atom. The number of fused-ring (bicyclic) bond motifs is 1. The number of esters is 1. The van der Waals surface area contributed by atoms with Crippen LogP contribution in [0.15, 0.2) is 42.5 Å². The highest BCUT2D eigenvalue weighted by atomic mass is 35.5.